The fourth-order valence-electron chi connectivity index (χ4n) is 6.17. The van der Waals surface area contributed by atoms with E-state index in [0.717, 1.165) is 30.0 Å². The van der Waals surface area contributed by atoms with Crippen LogP contribution in [0.2, 0.25) is 0 Å². The first kappa shape index (κ1) is 18.0. The van der Waals surface area contributed by atoms with Gasteiger partial charge in [0.1, 0.15) is 0 Å². The summed E-state index contributed by atoms with van der Waals surface area (Å²) in [4.78, 5) is 0. The third kappa shape index (κ3) is 3.82. The van der Waals surface area contributed by atoms with E-state index in [1.54, 1.807) is 11.1 Å². The van der Waals surface area contributed by atoms with Crippen molar-refractivity contribution in [3.63, 3.8) is 0 Å². The summed E-state index contributed by atoms with van der Waals surface area (Å²) in [7, 11) is 0. The predicted octanol–water partition coefficient (Wildman–Crippen LogP) is 7.14. The zero-order valence-electron chi connectivity index (χ0n) is 16.2. The smallest absolute Gasteiger partial charge is 0.0829 e. The van der Waals surface area contributed by atoms with Crippen LogP contribution in [0.1, 0.15) is 68.6 Å². The molecule has 3 aliphatic rings. The van der Waals surface area contributed by atoms with Crippen LogP contribution in [0, 0.1) is 29.6 Å². The van der Waals surface area contributed by atoms with Crippen LogP contribution in [-0.2, 0) is 12.8 Å². The number of benzene rings is 1. The first-order valence-electron chi connectivity index (χ1n) is 10.8. The second-order valence-corrected chi connectivity index (χ2v) is 9.02. The average molecular weight is 353 g/mol. The van der Waals surface area contributed by atoms with Crippen molar-refractivity contribution in [3.05, 3.63) is 53.4 Å². The van der Waals surface area contributed by atoms with E-state index < -0.39 is 0 Å². The molecule has 0 saturated heterocycles. The highest BCUT2D eigenvalue weighted by molar-refractivity contribution is 5.52. The number of aryl methyl sites for hydroxylation is 1. The van der Waals surface area contributed by atoms with Gasteiger partial charge in [0.15, 0.2) is 0 Å². The van der Waals surface area contributed by atoms with Crippen molar-refractivity contribution in [2.75, 3.05) is 0 Å². The molecule has 0 radical (unpaired) electrons. The van der Waals surface area contributed by atoms with Crippen molar-refractivity contribution in [1.82, 2.24) is 0 Å². The number of allylic oxidation sites excluding steroid dienone is 2. The molecule has 0 heterocycles. The van der Waals surface area contributed by atoms with Gasteiger partial charge in [0.2, 0.25) is 0 Å². The van der Waals surface area contributed by atoms with E-state index in [2.05, 4.69) is 37.3 Å². The van der Waals surface area contributed by atoms with Crippen LogP contribution < -0.4 is 0 Å². The van der Waals surface area contributed by atoms with Gasteiger partial charge < -0.3 is 0 Å². The molecular formula is C25H33F. The van der Waals surface area contributed by atoms with E-state index in [-0.39, 0.29) is 0 Å². The topological polar surface area (TPSA) is 0 Å². The van der Waals surface area contributed by atoms with E-state index >= 15 is 0 Å². The van der Waals surface area contributed by atoms with Crippen molar-refractivity contribution in [2.24, 2.45) is 29.6 Å². The molecule has 0 aromatic heterocycles. The summed E-state index contributed by atoms with van der Waals surface area (Å²) >= 11 is 0. The van der Waals surface area contributed by atoms with Crippen LogP contribution in [-0.4, -0.2) is 0 Å². The standard InChI is InChI=1S/C25H33F/c1-2-3-18-4-6-22-16-24(10-8-20(22)14-18)25-11-9-21-15-19(12-13-26)5-7-23(21)17-25/h2-4,6,12-14,19,21,23-25H,5,7-11,15-17H2,1H3/b3-2+,13-12?/t19-,21?,23+,24?,25?/m0/s1. The molecule has 0 aliphatic heterocycles. The lowest BCUT2D eigenvalue weighted by Gasteiger charge is -2.44. The average Bonchev–Trinajstić information content (AvgIpc) is 2.68. The molecule has 2 saturated carbocycles. The first-order valence-corrected chi connectivity index (χ1v) is 10.8. The number of rotatable bonds is 3. The number of hydrogen-bond acceptors (Lipinski definition) is 0. The molecule has 0 N–H and O–H groups in total. The highest BCUT2D eigenvalue weighted by Crippen LogP contribution is 2.48. The van der Waals surface area contributed by atoms with E-state index in [1.165, 1.54) is 63.4 Å². The Kier molecular flexibility index (Phi) is 5.62. The van der Waals surface area contributed by atoms with Crippen molar-refractivity contribution >= 4 is 6.08 Å². The maximum absolute atomic E-state index is 12.5. The fraction of sp³-hybridized carbons (Fsp3) is 0.600. The third-order valence-corrected chi connectivity index (χ3v) is 7.56. The van der Waals surface area contributed by atoms with Crippen molar-refractivity contribution in [2.45, 2.75) is 64.7 Å². The number of hydrogen-bond donors (Lipinski definition) is 0. The Labute approximate surface area is 158 Å². The summed E-state index contributed by atoms with van der Waals surface area (Å²) in [5.74, 6) is 4.09. The van der Waals surface area contributed by atoms with Gasteiger partial charge in [-0.05, 0) is 111 Å². The Morgan fingerprint density at radius 2 is 1.65 bits per heavy atom. The Morgan fingerprint density at radius 3 is 2.46 bits per heavy atom. The van der Waals surface area contributed by atoms with Gasteiger partial charge >= 0.3 is 0 Å². The van der Waals surface area contributed by atoms with E-state index in [9.17, 15) is 4.39 Å². The lowest BCUT2D eigenvalue weighted by atomic mass is 9.61. The molecule has 2 fully saturated rings. The quantitative estimate of drug-likeness (QED) is 0.542. The van der Waals surface area contributed by atoms with Crippen LogP contribution in [0.5, 0.6) is 0 Å². The maximum Gasteiger partial charge on any atom is 0.0829 e. The molecule has 5 atom stereocenters. The summed E-state index contributed by atoms with van der Waals surface area (Å²) in [6, 6.07) is 7.08. The van der Waals surface area contributed by atoms with Gasteiger partial charge in [-0.15, -0.1) is 0 Å². The van der Waals surface area contributed by atoms with Gasteiger partial charge in [0.05, 0.1) is 6.33 Å². The van der Waals surface area contributed by atoms with Crippen LogP contribution >= 0.6 is 0 Å². The number of halogens is 1. The van der Waals surface area contributed by atoms with E-state index in [0.29, 0.717) is 5.92 Å². The van der Waals surface area contributed by atoms with Crippen molar-refractivity contribution in [3.8, 4) is 0 Å². The molecule has 1 aromatic rings. The molecule has 0 nitrogen and oxygen atoms in total. The lowest BCUT2D eigenvalue weighted by molar-refractivity contribution is 0.0809. The molecule has 4 rings (SSSR count). The lowest BCUT2D eigenvalue weighted by Crippen LogP contribution is -2.34. The summed E-state index contributed by atoms with van der Waals surface area (Å²) in [5, 5.41) is 0. The second-order valence-electron chi connectivity index (χ2n) is 9.02. The van der Waals surface area contributed by atoms with Crippen molar-refractivity contribution in [1.29, 1.82) is 0 Å². The van der Waals surface area contributed by atoms with Gasteiger partial charge in [-0.25, -0.2) is 4.39 Å². The number of fused-ring (bicyclic) bond motifs is 2. The molecule has 0 amide bonds. The Morgan fingerprint density at radius 1 is 0.885 bits per heavy atom. The van der Waals surface area contributed by atoms with Crippen LogP contribution in [0.25, 0.3) is 6.08 Å². The summed E-state index contributed by atoms with van der Waals surface area (Å²) in [6.45, 7) is 2.09. The first-order chi connectivity index (χ1) is 12.8. The van der Waals surface area contributed by atoms with E-state index in [1.807, 2.05) is 6.08 Å². The van der Waals surface area contributed by atoms with Gasteiger partial charge in [0, 0.05) is 0 Å². The zero-order valence-corrected chi connectivity index (χ0v) is 16.2. The van der Waals surface area contributed by atoms with Crippen LogP contribution in [0.4, 0.5) is 4.39 Å². The Balaban J connectivity index is 1.38. The zero-order chi connectivity index (χ0) is 17.9. The Bertz CT molecular complexity index is 671. The summed E-state index contributed by atoms with van der Waals surface area (Å²) in [5.41, 5.74) is 4.54. The molecule has 0 spiro atoms. The minimum absolute atomic E-state index is 0.505. The molecule has 140 valence electrons. The van der Waals surface area contributed by atoms with Crippen LogP contribution in [0.15, 0.2) is 36.7 Å². The normalized spacial score (nSPS) is 34.8. The highest BCUT2D eigenvalue weighted by Gasteiger charge is 2.38. The van der Waals surface area contributed by atoms with Gasteiger partial charge in [-0.2, -0.15) is 0 Å². The largest absolute Gasteiger partial charge is 0.216 e. The summed E-state index contributed by atoms with van der Waals surface area (Å²) < 4.78 is 12.5. The SMILES string of the molecule is C/C=C/c1ccc2c(c1)CCC(C1CCC3C[C@H](C=CF)CC[C@@H]3C1)C2. The molecule has 1 aromatic carbocycles. The molecule has 1 heteroatoms. The minimum atomic E-state index is 0.505. The molecule has 3 unspecified atom stereocenters. The Hall–Kier alpha value is -1.37. The fourth-order valence-corrected chi connectivity index (χ4v) is 6.17. The monoisotopic (exact) mass is 352 g/mol. The van der Waals surface area contributed by atoms with Gasteiger partial charge in [-0.3, -0.25) is 0 Å². The molecule has 3 aliphatic carbocycles. The molecule has 0 bridgehead atoms. The predicted molar refractivity (Wildman–Crippen MR) is 109 cm³/mol. The molecular weight excluding hydrogens is 319 g/mol. The minimum Gasteiger partial charge on any atom is -0.216 e. The van der Waals surface area contributed by atoms with Gasteiger partial charge in [-0.1, -0.05) is 36.4 Å². The third-order valence-electron chi connectivity index (χ3n) is 7.56. The molecule has 26 heavy (non-hydrogen) atoms. The summed E-state index contributed by atoms with van der Waals surface area (Å²) in [6.07, 6.45) is 18.8. The van der Waals surface area contributed by atoms with Gasteiger partial charge in [0.25, 0.3) is 0 Å². The van der Waals surface area contributed by atoms with E-state index in [4.69, 9.17) is 0 Å². The second kappa shape index (κ2) is 8.11. The van der Waals surface area contributed by atoms with Crippen LogP contribution in [0.3, 0.4) is 0 Å². The highest BCUT2D eigenvalue weighted by atomic mass is 19.1. The van der Waals surface area contributed by atoms with Crippen molar-refractivity contribution < 1.29 is 4.39 Å². The maximum atomic E-state index is 12.5.